The molecule has 14 heavy (non-hydrogen) atoms. The summed E-state index contributed by atoms with van der Waals surface area (Å²) in [5.41, 5.74) is 0. The fourth-order valence-electron chi connectivity index (χ4n) is 1.44. The van der Waals surface area contributed by atoms with Gasteiger partial charge in [0.2, 0.25) is 0 Å². The zero-order chi connectivity index (χ0) is 10.8. The lowest BCUT2D eigenvalue weighted by Gasteiger charge is -2.24. The second-order valence-corrected chi connectivity index (χ2v) is 3.98. The van der Waals surface area contributed by atoms with Crippen LogP contribution in [0.3, 0.4) is 0 Å². The SMILES string of the molecule is C=CCN(CCCNCCC)C(C)C. The van der Waals surface area contributed by atoms with Gasteiger partial charge in [0.1, 0.15) is 0 Å². The first-order chi connectivity index (χ1) is 6.72. The summed E-state index contributed by atoms with van der Waals surface area (Å²) < 4.78 is 0. The van der Waals surface area contributed by atoms with Crippen molar-refractivity contribution in [2.75, 3.05) is 26.2 Å². The molecule has 0 amide bonds. The quantitative estimate of drug-likeness (QED) is 0.452. The first-order valence-electron chi connectivity index (χ1n) is 5.78. The molecule has 2 nitrogen and oxygen atoms in total. The second-order valence-electron chi connectivity index (χ2n) is 3.98. The van der Waals surface area contributed by atoms with Crippen LogP contribution in [0.4, 0.5) is 0 Å². The summed E-state index contributed by atoms with van der Waals surface area (Å²) in [6.07, 6.45) is 4.44. The molecule has 0 heterocycles. The average Bonchev–Trinajstić information content (AvgIpc) is 2.15. The maximum absolute atomic E-state index is 3.78. The monoisotopic (exact) mass is 198 g/mol. The summed E-state index contributed by atoms with van der Waals surface area (Å²) in [4.78, 5) is 2.45. The van der Waals surface area contributed by atoms with Crippen LogP contribution in [-0.4, -0.2) is 37.1 Å². The van der Waals surface area contributed by atoms with E-state index in [4.69, 9.17) is 0 Å². The van der Waals surface area contributed by atoms with Gasteiger partial charge in [-0.05, 0) is 46.3 Å². The molecule has 2 heteroatoms. The van der Waals surface area contributed by atoms with Crippen molar-refractivity contribution in [2.45, 2.75) is 39.7 Å². The van der Waals surface area contributed by atoms with E-state index < -0.39 is 0 Å². The molecule has 0 bridgehead atoms. The Balaban J connectivity index is 3.45. The summed E-state index contributed by atoms with van der Waals surface area (Å²) in [5, 5.41) is 3.42. The van der Waals surface area contributed by atoms with Crippen LogP contribution in [0.5, 0.6) is 0 Å². The fraction of sp³-hybridized carbons (Fsp3) is 0.833. The molecule has 0 aromatic rings. The Morgan fingerprint density at radius 3 is 2.57 bits per heavy atom. The molecule has 0 aromatic carbocycles. The Bertz CT molecular complexity index is 132. The van der Waals surface area contributed by atoms with E-state index in [-0.39, 0.29) is 0 Å². The third-order valence-corrected chi connectivity index (χ3v) is 2.32. The molecule has 0 aliphatic heterocycles. The van der Waals surface area contributed by atoms with Gasteiger partial charge in [-0.1, -0.05) is 13.0 Å². The largest absolute Gasteiger partial charge is 0.317 e. The van der Waals surface area contributed by atoms with Crippen molar-refractivity contribution in [1.82, 2.24) is 10.2 Å². The first-order valence-corrected chi connectivity index (χ1v) is 5.78. The molecule has 84 valence electrons. The molecule has 0 rings (SSSR count). The smallest absolute Gasteiger partial charge is 0.0163 e. The van der Waals surface area contributed by atoms with Gasteiger partial charge in [-0.2, -0.15) is 0 Å². The molecule has 0 fully saturated rings. The second kappa shape index (κ2) is 9.22. The van der Waals surface area contributed by atoms with E-state index in [9.17, 15) is 0 Å². The molecule has 0 atom stereocenters. The van der Waals surface area contributed by atoms with E-state index in [1.54, 1.807) is 0 Å². The Hall–Kier alpha value is -0.340. The van der Waals surface area contributed by atoms with E-state index in [2.05, 4.69) is 37.6 Å². The van der Waals surface area contributed by atoms with E-state index in [0.717, 1.165) is 19.6 Å². The molecule has 1 N–H and O–H groups in total. The molecule has 0 unspecified atom stereocenters. The number of nitrogens with zero attached hydrogens (tertiary/aromatic N) is 1. The van der Waals surface area contributed by atoms with Gasteiger partial charge in [0.05, 0.1) is 0 Å². The molecule has 0 saturated carbocycles. The van der Waals surface area contributed by atoms with Crippen LogP contribution in [0.15, 0.2) is 12.7 Å². The Kier molecular flexibility index (Phi) is 9.00. The number of hydrogen-bond acceptors (Lipinski definition) is 2. The van der Waals surface area contributed by atoms with Gasteiger partial charge in [-0.15, -0.1) is 6.58 Å². The highest BCUT2D eigenvalue weighted by molar-refractivity contribution is 4.75. The van der Waals surface area contributed by atoms with Crippen molar-refractivity contribution in [3.05, 3.63) is 12.7 Å². The topological polar surface area (TPSA) is 15.3 Å². The Morgan fingerprint density at radius 1 is 1.36 bits per heavy atom. The van der Waals surface area contributed by atoms with Crippen LogP contribution in [-0.2, 0) is 0 Å². The zero-order valence-electron chi connectivity index (χ0n) is 10.1. The molecule has 0 spiro atoms. The van der Waals surface area contributed by atoms with Crippen molar-refractivity contribution >= 4 is 0 Å². The van der Waals surface area contributed by atoms with Crippen molar-refractivity contribution in [2.24, 2.45) is 0 Å². The lowest BCUT2D eigenvalue weighted by molar-refractivity contribution is 0.242. The van der Waals surface area contributed by atoms with E-state index in [0.29, 0.717) is 6.04 Å². The summed E-state index contributed by atoms with van der Waals surface area (Å²) in [6, 6.07) is 0.624. The standard InChI is InChI=1S/C12H26N2/c1-5-8-13-9-7-11-14(10-6-2)12(3)4/h6,12-13H,2,5,7-11H2,1,3-4H3. The minimum absolute atomic E-state index is 0.624. The van der Waals surface area contributed by atoms with Gasteiger partial charge in [-0.25, -0.2) is 0 Å². The summed E-state index contributed by atoms with van der Waals surface area (Å²) in [7, 11) is 0. The Labute approximate surface area is 89.4 Å². The molecule has 0 radical (unpaired) electrons. The van der Waals surface area contributed by atoms with E-state index in [1.807, 2.05) is 6.08 Å². The van der Waals surface area contributed by atoms with Crippen LogP contribution in [0.25, 0.3) is 0 Å². The predicted octanol–water partition coefficient (Wildman–Crippen LogP) is 2.27. The van der Waals surface area contributed by atoms with E-state index in [1.165, 1.54) is 19.4 Å². The van der Waals surface area contributed by atoms with E-state index >= 15 is 0 Å². The van der Waals surface area contributed by atoms with Crippen molar-refractivity contribution in [3.8, 4) is 0 Å². The first kappa shape index (κ1) is 13.7. The van der Waals surface area contributed by atoms with Crippen molar-refractivity contribution in [3.63, 3.8) is 0 Å². The molecule has 0 aromatic heterocycles. The lowest BCUT2D eigenvalue weighted by Crippen LogP contribution is -2.33. The third-order valence-electron chi connectivity index (χ3n) is 2.32. The Morgan fingerprint density at radius 2 is 2.07 bits per heavy atom. The zero-order valence-corrected chi connectivity index (χ0v) is 10.1. The number of rotatable bonds is 9. The highest BCUT2D eigenvalue weighted by Crippen LogP contribution is 1.98. The molecular weight excluding hydrogens is 172 g/mol. The maximum atomic E-state index is 3.78. The maximum Gasteiger partial charge on any atom is 0.0163 e. The summed E-state index contributed by atoms with van der Waals surface area (Å²) in [6.45, 7) is 14.9. The number of hydrogen-bond donors (Lipinski definition) is 1. The summed E-state index contributed by atoms with van der Waals surface area (Å²) in [5.74, 6) is 0. The molecule has 0 saturated heterocycles. The van der Waals surface area contributed by atoms with Crippen molar-refractivity contribution in [1.29, 1.82) is 0 Å². The third kappa shape index (κ3) is 7.10. The molecule has 0 aliphatic rings. The van der Waals surface area contributed by atoms with Gasteiger partial charge in [0.15, 0.2) is 0 Å². The van der Waals surface area contributed by atoms with Crippen molar-refractivity contribution < 1.29 is 0 Å². The molecular formula is C12H26N2. The minimum Gasteiger partial charge on any atom is -0.317 e. The number of nitrogens with one attached hydrogen (secondary N) is 1. The summed E-state index contributed by atoms with van der Waals surface area (Å²) >= 11 is 0. The molecule has 0 aliphatic carbocycles. The van der Waals surface area contributed by atoms with Crippen LogP contribution in [0, 0.1) is 0 Å². The van der Waals surface area contributed by atoms with Gasteiger partial charge < -0.3 is 5.32 Å². The predicted molar refractivity (Wildman–Crippen MR) is 64.7 cm³/mol. The highest BCUT2D eigenvalue weighted by Gasteiger charge is 2.05. The highest BCUT2D eigenvalue weighted by atomic mass is 15.1. The average molecular weight is 198 g/mol. The van der Waals surface area contributed by atoms with Gasteiger partial charge in [0, 0.05) is 12.6 Å². The van der Waals surface area contributed by atoms with Crippen LogP contribution in [0.1, 0.15) is 33.6 Å². The fourth-order valence-corrected chi connectivity index (χ4v) is 1.44. The van der Waals surface area contributed by atoms with Gasteiger partial charge >= 0.3 is 0 Å². The van der Waals surface area contributed by atoms with Gasteiger partial charge in [-0.3, -0.25) is 4.90 Å². The lowest BCUT2D eigenvalue weighted by atomic mass is 10.2. The van der Waals surface area contributed by atoms with Crippen LogP contribution >= 0.6 is 0 Å². The van der Waals surface area contributed by atoms with Crippen LogP contribution in [0.2, 0.25) is 0 Å². The van der Waals surface area contributed by atoms with Gasteiger partial charge in [0.25, 0.3) is 0 Å². The normalized spacial score (nSPS) is 11.2. The van der Waals surface area contributed by atoms with Crippen LogP contribution < -0.4 is 5.32 Å². The minimum atomic E-state index is 0.624.